The predicted molar refractivity (Wildman–Crippen MR) is 135 cm³/mol. The van der Waals surface area contributed by atoms with Gasteiger partial charge in [0.25, 0.3) is 0 Å². The van der Waals surface area contributed by atoms with Crippen molar-refractivity contribution in [1.82, 2.24) is 10.0 Å². The molecule has 0 bridgehead atoms. The topological polar surface area (TPSA) is 110 Å². The standard InChI is InChI=1S/C21H28N4O5S.HI/c1-22-21(25-17-7-8-19-20(14-17)30-11-4-10-29-19)23-15-16-5-3-6-18(13-16)31(26,27)24-9-12-28-2;/h3,5-8,13-14,24H,4,9-12,15H2,1-2H3,(H2,22,23,25);1H. The van der Waals surface area contributed by atoms with Gasteiger partial charge in [0.1, 0.15) is 0 Å². The summed E-state index contributed by atoms with van der Waals surface area (Å²) in [7, 11) is -0.402. The minimum atomic E-state index is -3.59. The van der Waals surface area contributed by atoms with Gasteiger partial charge < -0.3 is 24.8 Å². The molecule has 0 saturated heterocycles. The van der Waals surface area contributed by atoms with Crippen molar-refractivity contribution in [3.05, 3.63) is 48.0 Å². The number of rotatable bonds is 8. The van der Waals surface area contributed by atoms with E-state index in [1.807, 2.05) is 24.3 Å². The average Bonchev–Trinajstić information content (AvgIpc) is 3.02. The summed E-state index contributed by atoms with van der Waals surface area (Å²) in [5.41, 5.74) is 1.60. The van der Waals surface area contributed by atoms with Gasteiger partial charge in [-0.1, -0.05) is 12.1 Å². The second kappa shape index (κ2) is 12.8. The molecule has 0 aromatic heterocycles. The number of ether oxygens (including phenoxy) is 3. The number of nitrogens with one attached hydrogen (secondary N) is 3. The summed E-state index contributed by atoms with van der Waals surface area (Å²) in [5, 5.41) is 6.40. The highest BCUT2D eigenvalue weighted by molar-refractivity contribution is 14.0. The summed E-state index contributed by atoms with van der Waals surface area (Å²) >= 11 is 0. The number of halogens is 1. The average molecular weight is 576 g/mol. The Morgan fingerprint density at radius 1 is 1.12 bits per heavy atom. The van der Waals surface area contributed by atoms with E-state index < -0.39 is 10.0 Å². The lowest BCUT2D eigenvalue weighted by Crippen LogP contribution is -2.30. The molecule has 0 atom stereocenters. The molecule has 0 saturated carbocycles. The molecule has 0 fully saturated rings. The quantitative estimate of drug-likeness (QED) is 0.192. The van der Waals surface area contributed by atoms with E-state index in [1.54, 1.807) is 25.2 Å². The van der Waals surface area contributed by atoms with E-state index in [0.717, 1.165) is 23.4 Å². The Hall–Kier alpha value is -2.09. The number of aliphatic imine (C=N–C) groups is 1. The molecule has 1 heterocycles. The zero-order valence-electron chi connectivity index (χ0n) is 18.1. The second-order valence-corrected chi connectivity index (χ2v) is 8.57. The summed E-state index contributed by atoms with van der Waals surface area (Å²) in [6, 6.07) is 12.4. The molecule has 11 heteroatoms. The number of methoxy groups -OCH3 is 1. The lowest BCUT2D eigenvalue weighted by Gasteiger charge is -2.14. The number of fused-ring (bicyclic) bond motifs is 1. The van der Waals surface area contributed by atoms with E-state index in [2.05, 4.69) is 20.3 Å². The number of benzene rings is 2. The lowest BCUT2D eigenvalue weighted by atomic mass is 10.2. The predicted octanol–water partition coefficient (Wildman–Crippen LogP) is 2.58. The van der Waals surface area contributed by atoms with Crippen LogP contribution in [0.1, 0.15) is 12.0 Å². The highest BCUT2D eigenvalue weighted by Gasteiger charge is 2.14. The van der Waals surface area contributed by atoms with Gasteiger partial charge in [-0.2, -0.15) is 0 Å². The van der Waals surface area contributed by atoms with E-state index in [4.69, 9.17) is 14.2 Å². The molecule has 9 nitrogen and oxygen atoms in total. The summed E-state index contributed by atoms with van der Waals surface area (Å²) in [6.45, 7) is 2.17. The van der Waals surface area contributed by atoms with Crippen LogP contribution in [0.5, 0.6) is 11.5 Å². The molecule has 2 aromatic rings. The monoisotopic (exact) mass is 576 g/mol. The molecule has 3 N–H and O–H groups in total. The number of sulfonamides is 1. The molecule has 0 radical (unpaired) electrons. The Morgan fingerprint density at radius 3 is 2.66 bits per heavy atom. The minimum Gasteiger partial charge on any atom is -0.490 e. The smallest absolute Gasteiger partial charge is 0.240 e. The Bertz CT molecular complexity index is 1020. The number of anilines is 1. The van der Waals surface area contributed by atoms with Crippen molar-refractivity contribution in [1.29, 1.82) is 0 Å². The molecular formula is C21H29IN4O5S. The van der Waals surface area contributed by atoms with Gasteiger partial charge in [-0.3, -0.25) is 4.99 Å². The molecule has 1 aliphatic heterocycles. The van der Waals surface area contributed by atoms with Gasteiger partial charge in [0.15, 0.2) is 17.5 Å². The fourth-order valence-electron chi connectivity index (χ4n) is 2.93. The SMILES string of the molecule is CN=C(NCc1cccc(S(=O)(=O)NCCOC)c1)Nc1ccc2c(c1)OCCCO2.I. The van der Waals surface area contributed by atoms with Crippen molar-refractivity contribution in [3.8, 4) is 11.5 Å². The van der Waals surface area contributed by atoms with E-state index in [9.17, 15) is 8.42 Å². The van der Waals surface area contributed by atoms with E-state index >= 15 is 0 Å². The first-order valence-electron chi connectivity index (χ1n) is 9.96. The van der Waals surface area contributed by atoms with E-state index in [-0.39, 0.29) is 35.4 Å². The first kappa shape index (κ1) is 26.2. The molecule has 0 amide bonds. The maximum absolute atomic E-state index is 12.4. The zero-order chi connectivity index (χ0) is 22.1. The molecule has 3 rings (SSSR count). The Morgan fingerprint density at radius 2 is 1.91 bits per heavy atom. The first-order chi connectivity index (χ1) is 15.0. The normalized spacial score (nSPS) is 13.6. The van der Waals surface area contributed by atoms with E-state index in [1.165, 1.54) is 7.11 Å². The fraction of sp³-hybridized carbons (Fsp3) is 0.381. The molecule has 32 heavy (non-hydrogen) atoms. The molecule has 0 spiro atoms. The number of hydrogen-bond acceptors (Lipinski definition) is 6. The number of nitrogens with zero attached hydrogens (tertiary/aromatic N) is 1. The van der Waals surface area contributed by atoms with Crippen LogP contribution in [0.15, 0.2) is 52.4 Å². The van der Waals surface area contributed by atoms with Gasteiger partial charge in [-0.15, -0.1) is 24.0 Å². The number of hydrogen-bond donors (Lipinski definition) is 3. The van der Waals surface area contributed by atoms with Crippen molar-refractivity contribution in [2.45, 2.75) is 17.9 Å². The summed E-state index contributed by atoms with van der Waals surface area (Å²) in [6.07, 6.45) is 0.845. The summed E-state index contributed by atoms with van der Waals surface area (Å²) in [5.74, 6) is 1.96. The van der Waals surface area contributed by atoms with Crippen molar-refractivity contribution < 1.29 is 22.6 Å². The van der Waals surface area contributed by atoms with E-state index in [0.29, 0.717) is 38.1 Å². The molecule has 176 valence electrons. The molecule has 0 unspecified atom stereocenters. The maximum Gasteiger partial charge on any atom is 0.240 e. The van der Waals surface area contributed by atoms with Crippen LogP contribution < -0.4 is 24.8 Å². The zero-order valence-corrected chi connectivity index (χ0v) is 21.2. The van der Waals surface area contributed by atoms with Crippen LogP contribution in [0, 0.1) is 0 Å². The highest BCUT2D eigenvalue weighted by atomic mass is 127. The Balaban J connectivity index is 0.00000363. The van der Waals surface area contributed by atoms with Gasteiger partial charge in [0, 0.05) is 45.4 Å². The van der Waals surface area contributed by atoms with Crippen molar-refractivity contribution in [3.63, 3.8) is 0 Å². The van der Waals surface area contributed by atoms with Crippen LogP contribution in [0.2, 0.25) is 0 Å². The van der Waals surface area contributed by atoms with Crippen LogP contribution in [0.3, 0.4) is 0 Å². The Labute approximate surface area is 206 Å². The van der Waals surface area contributed by atoms with Crippen LogP contribution in [0.4, 0.5) is 5.69 Å². The van der Waals surface area contributed by atoms with Crippen LogP contribution >= 0.6 is 24.0 Å². The molecule has 2 aromatic carbocycles. The second-order valence-electron chi connectivity index (χ2n) is 6.80. The van der Waals surface area contributed by atoms with Crippen molar-refractivity contribution >= 4 is 45.6 Å². The van der Waals surface area contributed by atoms with Gasteiger partial charge in [0.05, 0.1) is 24.7 Å². The number of guanidine groups is 1. The van der Waals surface area contributed by atoms with Gasteiger partial charge in [-0.05, 0) is 29.8 Å². The third-order valence-corrected chi connectivity index (χ3v) is 5.96. The minimum absolute atomic E-state index is 0. The highest BCUT2D eigenvalue weighted by Crippen LogP contribution is 2.32. The fourth-order valence-corrected chi connectivity index (χ4v) is 4.01. The van der Waals surface area contributed by atoms with Crippen LogP contribution in [-0.4, -0.2) is 54.9 Å². The summed E-state index contributed by atoms with van der Waals surface area (Å²) in [4.78, 5) is 4.43. The van der Waals surface area contributed by atoms with Gasteiger partial charge >= 0.3 is 0 Å². The molecule has 0 aliphatic carbocycles. The van der Waals surface area contributed by atoms with Crippen LogP contribution in [-0.2, 0) is 21.3 Å². The molecular weight excluding hydrogens is 547 g/mol. The largest absolute Gasteiger partial charge is 0.490 e. The van der Waals surface area contributed by atoms with Crippen molar-refractivity contribution in [2.24, 2.45) is 4.99 Å². The third-order valence-electron chi connectivity index (χ3n) is 4.50. The Kier molecular flexibility index (Phi) is 10.5. The van der Waals surface area contributed by atoms with Crippen molar-refractivity contribution in [2.75, 3.05) is 45.8 Å². The maximum atomic E-state index is 12.4. The molecule has 1 aliphatic rings. The lowest BCUT2D eigenvalue weighted by molar-refractivity contribution is 0.204. The summed E-state index contributed by atoms with van der Waals surface area (Å²) < 4.78 is 43.5. The first-order valence-corrected chi connectivity index (χ1v) is 11.4. The third kappa shape index (κ3) is 7.50. The van der Waals surface area contributed by atoms with Crippen LogP contribution in [0.25, 0.3) is 0 Å². The van der Waals surface area contributed by atoms with Gasteiger partial charge in [-0.25, -0.2) is 13.1 Å². The van der Waals surface area contributed by atoms with Gasteiger partial charge in [0.2, 0.25) is 10.0 Å².